The minimum absolute atomic E-state index is 0.0459. The van der Waals surface area contributed by atoms with Crippen LogP contribution in [-0.2, 0) is 9.59 Å². The topological polar surface area (TPSA) is 58.6 Å². The van der Waals surface area contributed by atoms with Gasteiger partial charge in [0, 0.05) is 0 Å². The van der Waals surface area contributed by atoms with E-state index in [4.69, 9.17) is 17.0 Å². The van der Waals surface area contributed by atoms with Crippen molar-refractivity contribution in [3.05, 3.63) is 65.5 Å². The zero-order valence-corrected chi connectivity index (χ0v) is 14.7. The Morgan fingerprint density at radius 1 is 1.12 bits per heavy atom. The van der Waals surface area contributed by atoms with Crippen molar-refractivity contribution in [2.45, 2.75) is 6.92 Å². The molecule has 0 bridgehead atoms. The van der Waals surface area contributed by atoms with E-state index in [-0.39, 0.29) is 10.7 Å². The summed E-state index contributed by atoms with van der Waals surface area (Å²) in [5.74, 6) is -0.881. The molecular formula is C19H15FN2O3S. The van der Waals surface area contributed by atoms with Crippen LogP contribution in [0.5, 0.6) is 5.75 Å². The Kier molecular flexibility index (Phi) is 5.09. The lowest BCUT2D eigenvalue weighted by atomic mass is 10.1. The standard InChI is InChI=1S/C19H15FN2O3S/c1-2-25-15-9-3-12(4-10-15)11-16-17(23)21-19(26)22(18(16)24)14-7-5-13(20)6-8-14/h3-11H,2H2,1H3,(H,21,23,26)/b16-11+. The number of carbonyl (C=O) groups is 2. The lowest BCUT2D eigenvalue weighted by Crippen LogP contribution is -2.54. The van der Waals surface area contributed by atoms with Crippen molar-refractivity contribution < 1.29 is 18.7 Å². The van der Waals surface area contributed by atoms with E-state index in [0.29, 0.717) is 23.6 Å². The minimum atomic E-state index is -0.577. The fourth-order valence-electron chi connectivity index (χ4n) is 2.48. The monoisotopic (exact) mass is 370 g/mol. The zero-order valence-electron chi connectivity index (χ0n) is 13.9. The fraction of sp³-hybridized carbons (Fsp3) is 0.105. The molecule has 7 heteroatoms. The van der Waals surface area contributed by atoms with E-state index in [1.807, 2.05) is 6.92 Å². The Hall–Kier alpha value is -3.06. The summed E-state index contributed by atoms with van der Waals surface area (Å²) in [6.45, 7) is 2.43. The summed E-state index contributed by atoms with van der Waals surface area (Å²) in [5, 5.41) is 2.44. The molecule has 0 aromatic heterocycles. The number of amides is 2. The molecule has 0 unspecified atom stereocenters. The molecule has 1 aliphatic heterocycles. The first-order valence-electron chi connectivity index (χ1n) is 7.89. The van der Waals surface area contributed by atoms with Crippen LogP contribution in [0.15, 0.2) is 54.1 Å². The van der Waals surface area contributed by atoms with Crippen LogP contribution in [0, 0.1) is 5.82 Å². The van der Waals surface area contributed by atoms with Crippen molar-refractivity contribution in [2.75, 3.05) is 11.5 Å². The van der Waals surface area contributed by atoms with Gasteiger partial charge in [-0.1, -0.05) is 12.1 Å². The number of hydrogen-bond acceptors (Lipinski definition) is 4. The number of carbonyl (C=O) groups excluding carboxylic acids is 2. The molecule has 26 heavy (non-hydrogen) atoms. The molecule has 3 rings (SSSR count). The summed E-state index contributed by atoms with van der Waals surface area (Å²) in [6, 6.07) is 12.3. The number of hydrogen-bond donors (Lipinski definition) is 1. The summed E-state index contributed by atoms with van der Waals surface area (Å²) in [7, 11) is 0. The van der Waals surface area contributed by atoms with Crippen LogP contribution in [-0.4, -0.2) is 23.5 Å². The van der Waals surface area contributed by atoms with Gasteiger partial charge in [0.15, 0.2) is 5.11 Å². The summed E-state index contributed by atoms with van der Waals surface area (Å²) in [6.07, 6.45) is 1.48. The molecule has 132 valence electrons. The summed E-state index contributed by atoms with van der Waals surface area (Å²) in [5.41, 5.74) is 0.977. The molecule has 0 atom stereocenters. The van der Waals surface area contributed by atoms with E-state index >= 15 is 0 Å². The number of thiocarbonyl (C=S) groups is 1. The maximum Gasteiger partial charge on any atom is 0.270 e. The van der Waals surface area contributed by atoms with E-state index in [1.165, 1.54) is 30.3 Å². The number of anilines is 1. The van der Waals surface area contributed by atoms with Gasteiger partial charge in [0.1, 0.15) is 17.1 Å². The second-order valence-corrected chi connectivity index (χ2v) is 5.82. The number of rotatable bonds is 4. The Bertz CT molecular complexity index is 892. The van der Waals surface area contributed by atoms with Gasteiger partial charge in [0.25, 0.3) is 11.8 Å². The van der Waals surface area contributed by atoms with E-state index in [0.717, 1.165) is 4.90 Å². The largest absolute Gasteiger partial charge is 0.494 e. The molecule has 1 N–H and O–H groups in total. The van der Waals surface area contributed by atoms with Crippen LogP contribution in [0.25, 0.3) is 6.08 Å². The van der Waals surface area contributed by atoms with Gasteiger partial charge >= 0.3 is 0 Å². The molecule has 0 aliphatic carbocycles. The number of nitrogens with one attached hydrogen (secondary N) is 1. The van der Waals surface area contributed by atoms with Crippen LogP contribution >= 0.6 is 12.2 Å². The highest BCUT2D eigenvalue weighted by Crippen LogP contribution is 2.23. The normalized spacial score (nSPS) is 16.0. The average molecular weight is 370 g/mol. The first kappa shape index (κ1) is 17.8. The summed E-state index contributed by atoms with van der Waals surface area (Å²) >= 11 is 5.10. The molecule has 2 amide bonds. The first-order chi connectivity index (χ1) is 12.5. The highest BCUT2D eigenvalue weighted by atomic mass is 32.1. The molecule has 2 aromatic rings. The van der Waals surface area contributed by atoms with Crippen LogP contribution in [0.3, 0.4) is 0 Å². The van der Waals surface area contributed by atoms with Crippen LogP contribution in [0.4, 0.5) is 10.1 Å². The van der Waals surface area contributed by atoms with E-state index in [1.54, 1.807) is 24.3 Å². The number of ether oxygens (including phenoxy) is 1. The van der Waals surface area contributed by atoms with E-state index in [2.05, 4.69) is 5.32 Å². The van der Waals surface area contributed by atoms with Crippen molar-refractivity contribution in [3.63, 3.8) is 0 Å². The van der Waals surface area contributed by atoms with Crippen molar-refractivity contribution in [1.29, 1.82) is 0 Å². The predicted octanol–water partition coefficient (Wildman–Crippen LogP) is 3.06. The average Bonchev–Trinajstić information content (AvgIpc) is 2.62. The Balaban J connectivity index is 1.93. The molecule has 0 saturated carbocycles. The van der Waals surface area contributed by atoms with Gasteiger partial charge < -0.3 is 4.74 Å². The van der Waals surface area contributed by atoms with Gasteiger partial charge in [0.2, 0.25) is 0 Å². The van der Waals surface area contributed by atoms with Crippen LogP contribution < -0.4 is 15.0 Å². The third-order valence-corrected chi connectivity index (χ3v) is 3.97. The summed E-state index contributed by atoms with van der Waals surface area (Å²) < 4.78 is 18.5. The first-order valence-corrected chi connectivity index (χ1v) is 8.30. The summed E-state index contributed by atoms with van der Waals surface area (Å²) in [4.78, 5) is 26.2. The van der Waals surface area contributed by atoms with E-state index < -0.39 is 17.6 Å². The molecule has 1 saturated heterocycles. The van der Waals surface area contributed by atoms with Gasteiger partial charge in [-0.05, 0) is 67.2 Å². The van der Waals surface area contributed by atoms with Gasteiger partial charge in [-0.15, -0.1) is 0 Å². The van der Waals surface area contributed by atoms with Gasteiger partial charge in [-0.2, -0.15) is 0 Å². The molecule has 2 aromatic carbocycles. The minimum Gasteiger partial charge on any atom is -0.494 e. The molecule has 1 aliphatic rings. The third-order valence-electron chi connectivity index (χ3n) is 3.69. The van der Waals surface area contributed by atoms with Crippen molar-refractivity contribution >= 4 is 40.9 Å². The predicted molar refractivity (Wildman–Crippen MR) is 100 cm³/mol. The lowest BCUT2D eigenvalue weighted by molar-refractivity contribution is -0.122. The maximum atomic E-state index is 13.1. The van der Waals surface area contributed by atoms with Gasteiger partial charge in [0.05, 0.1) is 12.3 Å². The third kappa shape index (κ3) is 3.62. The SMILES string of the molecule is CCOc1ccc(/C=C2\C(=O)NC(=S)N(c3ccc(F)cc3)C2=O)cc1. The fourth-order valence-corrected chi connectivity index (χ4v) is 2.76. The Morgan fingerprint density at radius 2 is 1.77 bits per heavy atom. The smallest absolute Gasteiger partial charge is 0.270 e. The van der Waals surface area contributed by atoms with Crippen molar-refractivity contribution in [1.82, 2.24) is 5.32 Å². The number of benzene rings is 2. The Morgan fingerprint density at radius 3 is 2.38 bits per heavy atom. The van der Waals surface area contributed by atoms with Crippen LogP contribution in [0.1, 0.15) is 12.5 Å². The second kappa shape index (κ2) is 7.45. The lowest BCUT2D eigenvalue weighted by Gasteiger charge is -2.28. The van der Waals surface area contributed by atoms with Crippen molar-refractivity contribution in [3.8, 4) is 5.75 Å². The quantitative estimate of drug-likeness (QED) is 0.511. The maximum absolute atomic E-state index is 13.1. The van der Waals surface area contributed by atoms with E-state index in [9.17, 15) is 14.0 Å². The molecule has 5 nitrogen and oxygen atoms in total. The van der Waals surface area contributed by atoms with Gasteiger partial charge in [-0.25, -0.2) is 4.39 Å². The highest BCUT2D eigenvalue weighted by Gasteiger charge is 2.34. The second-order valence-electron chi connectivity index (χ2n) is 5.44. The molecule has 0 radical (unpaired) electrons. The van der Waals surface area contributed by atoms with Gasteiger partial charge in [-0.3, -0.25) is 19.8 Å². The molecule has 0 spiro atoms. The van der Waals surface area contributed by atoms with Crippen LogP contribution in [0.2, 0.25) is 0 Å². The molecular weight excluding hydrogens is 355 g/mol. The molecule has 1 fully saturated rings. The van der Waals surface area contributed by atoms with Crippen molar-refractivity contribution in [2.24, 2.45) is 0 Å². The number of halogens is 1. The molecule has 1 heterocycles. The number of nitrogens with zero attached hydrogens (tertiary/aromatic N) is 1. The highest BCUT2D eigenvalue weighted by molar-refractivity contribution is 7.80. The zero-order chi connectivity index (χ0) is 18.7. The Labute approximate surface area is 155 Å².